The lowest BCUT2D eigenvalue weighted by Gasteiger charge is -2.08. The normalized spacial score (nSPS) is 11.2. The smallest absolute Gasteiger partial charge is 0.343 e. The zero-order valence-corrected chi connectivity index (χ0v) is 12.7. The first-order valence-corrected chi connectivity index (χ1v) is 7.07. The summed E-state index contributed by atoms with van der Waals surface area (Å²) in [5.74, 6) is -1.10. The molecule has 128 valence electrons. The highest BCUT2D eigenvalue weighted by Gasteiger charge is 2.30. The molecule has 6 nitrogen and oxygen atoms in total. The van der Waals surface area contributed by atoms with E-state index in [1.807, 2.05) is 6.92 Å². The predicted molar refractivity (Wildman–Crippen MR) is 80.3 cm³/mol. The van der Waals surface area contributed by atoms with Crippen LogP contribution >= 0.6 is 0 Å². The maximum Gasteiger partial charge on any atom is 0.416 e. The Labute approximate surface area is 135 Å². The van der Waals surface area contributed by atoms with Crippen molar-refractivity contribution >= 4 is 17.5 Å². The Hall–Kier alpha value is -2.84. The summed E-state index contributed by atoms with van der Waals surface area (Å²) in [6.07, 6.45) is -1.35. The Morgan fingerprint density at radius 3 is 2.42 bits per heavy atom. The van der Waals surface area contributed by atoms with Crippen molar-refractivity contribution in [3.8, 4) is 0 Å². The number of carbonyl (C=O) groups is 2. The van der Waals surface area contributed by atoms with Crippen LogP contribution in [-0.4, -0.2) is 28.1 Å². The number of aromatic nitrogens is 2. The summed E-state index contributed by atoms with van der Waals surface area (Å²) in [6, 6.07) is 3.74. The second kappa shape index (κ2) is 7.16. The van der Waals surface area contributed by atoms with Crippen molar-refractivity contribution in [1.82, 2.24) is 15.1 Å². The third kappa shape index (κ3) is 4.58. The van der Waals surface area contributed by atoms with E-state index in [4.69, 9.17) is 0 Å². The van der Waals surface area contributed by atoms with Crippen LogP contribution in [0, 0.1) is 0 Å². The van der Waals surface area contributed by atoms with Crippen molar-refractivity contribution in [2.45, 2.75) is 19.6 Å². The van der Waals surface area contributed by atoms with Crippen LogP contribution in [0.5, 0.6) is 0 Å². The molecule has 2 amide bonds. The van der Waals surface area contributed by atoms with Gasteiger partial charge in [-0.2, -0.15) is 18.3 Å². The van der Waals surface area contributed by atoms with Gasteiger partial charge in [-0.1, -0.05) is 0 Å². The molecule has 0 aliphatic carbocycles. The highest BCUT2D eigenvalue weighted by molar-refractivity contribution is 5.99. The van der Waals surface area contributed by atoms with Gasteiger partial charge >= 0.3 is 6.18 Å². The Morgan fingerprint density at radius 2 is 1.88 bits per heavy atom. The molecule has 2 rings (SSSR count). The molecule has 0 aliphatic rings. The van der Waals surface area contributed by atoms with E-state index in [2.05, 4.69) is 15.7 Å². The highest BCUT2D eigenvalue weighted by Crippen LogP contribution is 2.29. The summed E-state index contributed by atoms with van der Waals surface area (Å²) in [7, 11) is 0. The fourth-order valence-electron chi connectivity index (χ4n) is 1.88. The third-order valence-corrected chi connectivity index (χ3v) is 3.12. The molecule has 0 radical (unpaired) electrons. The van der Waals surface area contributed by atoms with Crippen molar-refractivity contribution in [1.29, 1.82) is 0 Å². The van der Waals surface area contributed by atoms with Crippen LogP contribution in [0.1, 0.15) is 22.8 Å². The molecule has 0 spiro atoms. The fraction of sp³-hybridized carbons (Fsp3) is 0.267. The van der Waals surface area contributed by atoms with Crippen molar-refractivity contribution in [2.75, 3.05) is 11.9 Å². The van der Waals surface area contributed by atoms with Gasteiger partial charge < -0.3 is 10.6 Å². The minimum atomic E-state index is -4.46. The molecule has 24 heavy (non-hydrogen) atoms. The highest BCUT2D eigenvalue weighted by atomic mass is 19.4. The summed E-state index contributed by atoms with van der Waals surface area (Å²) in [6.45, 7) is 2.24. The number of halogens is 3. The summed E-state index contributed by atoms with van der Waals surface area (Å²) < 4.78 is 39.0. The van der Waals surface area contributed by atoms with Crippen molar-refractivity contribution < 1.29 is 22.8 Å². The number of rotatable bonds is 5. The Bertz CT molecular complexity index is 723. The molecular formula is C15H15F3N4O2. The van der Waals surface area contributed by atoms with E-state index in [0.29, 0.717) is 12.2 Å². The number of nitrogens with zero attached hydrogens (tertiary/aromatic N) is 2. The second-order valence-electron chi connectivity index (χ2n) is 4.89. The number of hydrogen-bond donors (Lipinski definition) is 2. The predicted octanol–water partition coefficient (Wildman–Crippen LogP) is 2.29. The Balaban J connectivity index is 1.87. The van der Waals surface area contributed by atoms with E-state index in [9.17, 15) is 22.8 Å². The second-order valence-corrected chi connectivity index (χ2v) is 4.89. The van der Waals surface area contributed by atoms with E-state index in [-0.39, 0.29) is 12.1 Å². The fourth-order valence-corrected chi connectivity index (χ4v) is 1.88. The number of anilines is 1. The van der Waals surface area contributed by atoms with Gasteiger partial charge in [0, 0.05) is 18.3 Å². The van der Waals surface area contributed by atoms with Gasteiger partial charge in [-0.05, 0) is 31.2 Å². The first-order valence-electron chi connectivity index (χ1n) is 7.07. The van der Waals surface area contributed by atoms with Gasteiger partial charge in [0.1, 0.15) is 0 Å². The monoisotopic (exact) mass is 340 g/mol. The molecule has 1 aromatic heterocycles. The van der Waals surface area contributed by atoms with Gasteiger partial charge in [-0.3, -0.25) is 14.3 Å². The van der Waals surface area contributed by atoms with Crippen LogP contribution in [0.2, 0.25) is 0 Å². The lowest BCUT2D eigenvalue weighted by molar-refractivity contribution is -0.137. The Kier molecular flexibility index (Phi) is 5.22. The van der Waals surface area contributed by atoms with Gasteiger partial charge in [0.05, 0.1) is 24.0 Å². The molecule has 2 N–H and O–H groups in total. The van der Waals surface area contributed by atoms with Crippen LogP contribution in [0.4, 0.5) is 18.9 Å². The van der Waals surface area contributed by atoms with Crippen molar-refractivity contribution in [3.63, 3.8) is 0 Å². The topological polar surface area (TPSA) is 76.0 Å². The number of hydrogen-bond acceptors (Lipinski definition) is 3. The quantitative estimate of drug-likeness (QED) is 0.877. The van der Waals surface area contributed by atoms with Crippen LogP contribution in [-0.2, 0) is 17.5 Å². The van der Waals surface area contributed by atoms with Crippen molar-refractivity contribution in [3.05, 3.63) is 47.8 Å². The average molecular weight is 340 g/mol. The van der Waals surface area contributed by atoms with Gasteiger partial charge in [0.15, 0.2) is 0 Å². The van der Waals surface area contributed by atoms with E-state index >= 15 is 0 Å². The summed E-state index contributed by atoms with van der Waals surface area (Å²) in [4.78, 5) is 23.5. The van der Waals surface area contributed by atoms with Crippen LogP contribution in [0.15, 0.2) is 36.7 Å². The molecule has 0 saturated heterocycles. The average Bonchev–Trinajstić information content (AvgIpc) is 2.99. The lowest BCUT2D eigenvalue weighted by atomic mass is 10.1. The molecule has 9 heteroatoms. The first-order chi connectivity index (χ1) is 11.3. The minimum Gasteiger partial charge on any atom is -0.343 e. The SMILES string of the molecule is CCn1cc(NC(=O)CNC(=O)c2ccc(C(F)(F)F)cc2)cn1. The molecule has 0 bridgehead atoms. The molecule has 0 unspecified atom stereocenters. The first kappa shape index (κ1) is 17.5. The number of amides is 2. The number of nitrogens with one attached hydrogen (secondary N) is 2. The summed E-state index contributed by atoms with van der Waals surface area (Å²) >= 11 is 0. The summed E-state index contributed by atoms with van der Waals surface area (Å²) in [5, 5.41) is 8.87. The molecule has 2 aromatic rings. The van der Waals surface area contributed by atoms with E-state index < -0.39 is 23.6 Å². The van der Waals surface area contributed by atoms with E-state index in [1.54, 1.807) is 10.9 Å². The number of carbonyl (C=O) groups excluding carboxylic acids is 2. The van der Waals surface area contributed by atoms with E-state index in [1.165, 1.54) is 6.20 Å². The van der Waals surface area contributed by atoms with Gasteiger partial charge in [0.2, 0.25) is 5.91 Å². The zero-order chi connectivity index (χ0) is 17.7. The minimum absolute atomic E-state index is 0.0367. The molecule has 1 aromatic carbocycles. The molecule has 0 fully saturated rings. The van der Waals surface area contributed by atoms with Gasteiger partial charge in [-0.25, -0.2) is 0 Å². The maximum absolute atomic E-state index is 12.4. The maximum atomic E-state index is 12.4. The molecular weight excluding hydrogens is 325 g/mol. The molecule has 0 aliphatic heterocycles. The number of benzene rings is 1. The number of alkyl halides is 3. The van der Waals surface area contributed by atoms with Crippen molar-refractivity contribution in [2.24, 2.45) is 0 Å². The standard InChI is InChI=1S/C15H15F3N4O2/c1-2-22-9-12(7-20-22)21-13(23)8-19-14(24)10-3-5-11(6-4-10)15(16,17)18/h3-7,9H,2,8H2,1H3,(H,19,24)(H,21,23). The lowest BCUT2D eigenvalue weighted by Crippen LogP contribution is -2.32. The largest absolute Gasteiger partial charge is 0.416 e. The third-order valence-electron chi connectivity index (χ3n) is 3.12. The molecule has 1 heterocycles. The van der Waals surface area contributed by atoms with Crippen LogP contribution in [0.25, 0.3) is 0 Å². The van der Waals surface area contributed by atoms with Crippen LogP contribution < -0.4 is 10.6 Å². The van der Waals surface area contributed by atoms with Crippen LogP contribution in [0.3, 0.4) is 0 Å². The molecule has 0 saturated carbocycles. The van der Waals surface area contributed by atoms with Gasteiger partial charge in [0.25, 0.3) is 5.91 Å². The Morgan fingerprint density at radius 1 is 1.21 bits per heavy atom. The van der Waals surface area contributed by atoms with Gasteiger partial charge in [-0.15, -0.1) is 0 Å². The molecule has 0 atom stereocenters. The zero-order valence-electron chi connectivity index (χ0n) is 12.7. The number of aryl methyl sites for hydroxylation is 1. The van der Waals surface area contributed by atoms with E-state index in [0.717, 1.165) is 24.3 Å². The summed E-state index contributed by atoms with van der Waals surface area (Å²) in [5.41, 5.74) is -0.315.